The van der Waals surface area contributed by atoms with Crippen LogP contribution in [0.4, 0.5) is 0 Å². The average molecular weight is 237 g/mol. The number of aliphatic imine (C=N–C) groups is 1. The molecule has 1 aliphatic carbocycles. The van der Waals surface area contributed by atoms with E-state index in [1.54, 1.807) is 0 Å². The third-order valence-corrected chi connectivity index (χ3v) is 5.14. The molecule has 1 saturated carbocycles. The number of hydrogen-bond acceptors (Lipinski definition) is 3. The quantitative estimate of drug-likeness (QED) is 0.802. The maximum absolute atomic E-state index is 6.16. The highest BCUT2D eigenvalue weighted by molar-refractivity contribution is 5.81. The third kappa shape index (κ3) is 1.74. The second kappa shape index (κ2) is 4.18. The molecule has 2 N–H and O–H groups in total. The first-order chi connectivity index (χ1) is 7.94. The van der Waals surface area contributed by atoms with Crippen LogP contribution >= 0.6 is 0 Å². The van der Waals surface area contributed by atoms with Gasteiger partial charge in [-0.3, -0.25) is 4.99 Å². The summed E-state index contributed by atoms with van der Waals surface area (Å²) < 4.78 is 0. The summed E-state index contributed by atoms with van der Waals surface area (Å²) in [6, 6.07) is 0.499. The number of nitrogens with two attached hydrogens (primary N) is 1. The van der Waals surface area contributed by atoms with E-state index in [0.29, 0.717) is 11.5 Å². The van der Waals surface area contributed by atoms with E-state index in [1.807, 2.05) is 0 Å². The molecule has 1 spiro atoms. The summed E-state index contributed by atoms with van der Waals surface area (Å²) in [5.41, 5.74) is 6.66. The molecule has 0 radical (unpaired) electrons. The molecular formula is C14H27N3. The lowest BCUT2D eigenvalue weighted by molar-refractivity contribution is -0.00884. The van der Waals surface area contributed by atoms with E-state index in [9.17, 15) is 0 Å². The second-order valence-corrected chi connectivity index (χ2v) is 6.42. The minimum atomic E-state index is 0.185. The predicted octanol–water partition coefficient (Wildman–Crippen LogP) is 2.75. The van der Waals surface area contributed by atoms with Crippen molar-refractivity contribution >= 4 is 5.96 Å². The Morgan fingerprint density at radius 3 is 2.59 bits per heavy atom. The van der Waals surface area contributed by atoms with Gasteiger partial charge < -0.3 is 10.6 Å². The minimum Gasteiger partial charge on any atom is -0.370 e. The molecule has 0 saturated heterocycles. The lowest BCUT2D eigenvalue weighted by Crippen LogP contribution is -2.63. The molecule has 1 fully saturated rings. The molecule has 0 aromatic heterocycles. The summed E-state index contributed by atoms with van der Waals surface area (Å²) in [6.45, 7) is 10.2. The van der Waals surface area contributed by atoms with Gasteiger partial charge in [-0.15, -0.1) is 0 Å². The van der Waals surface area contributed by atoms with Gasteiger partial charge in [-0.2, -0.15) is 0 Å². The molecule has 3 nitrogen and oxygen atoms in total. The van der Waals surface area contributed by atoms with Crippen molar-refractivity contribution in [3.8, 4) is 0 Å². The van der Waals surface area contributed by atoms with Crippen LogP contribution in [0.5, 0.6) is 0 Å². The van der Waals surface area contributed by atoms with Crippen molar-refractivity contribution in [2.24, 2.45) is 16.1 Å². The number of rotatable bonds is 2. The van der Waals surface area contributed by atoms with Crippen LogP contribution in [0.3, 0.4) is 0 Å². The van der Waals surface area contributed by atoms with E-state index < -0.39 is 0 Å². The SMILES string of the molecule is CCC(C)N1C(N)=NCC12CCCCC2(C)C. The Morgan fingerprint density at radius 1 is 1.35 bits per heavy atom. The molecule has 98 valence electrons. The van der Waals surface area contributed by atoms with Gasteiger partial charge in [0, 0.05) is 6.04 Å². The predicted molar refractivity (Wildman–Crippen MR) is 73.1 cm³/mol. The van der Waals surface area contributed by atoms with E-state index in [2.05, 4.69) is 37.6 Å². The van der Waals surface area contributed by atoms with Crippen molar-refractivity contribution in [2.45, 2.75) is 71.4 Å². The van der Waals surface area contributed by atoms with Crippen molar-refractivity contribution in [3.05, 3.63) is 0 Å². The van der Waals surface area contributed by atoms with Gasteiger partial charge in [-0.1, -0.05) is 33.6 Å². The number of guanidine groups is 1. The van der Waals surface area contributed by atoms with Crippen LogP contribution in [-0.2, 0) is 0 Å². The van der Waals surface area contributed by atoms with E-state index in [0.717, 1.165) is 18.9 Å². The van der Waals surface area contributed by atoms with Gasteiger partial charge in [0.2, 0.25) is 0 Å². The van der Waals surface area contributed by atoms with Gasteiger partial charge in [0.25, 0.3) is 0 Å². The first-order valence-corrected chi connectivity index (χ1v) is 7.04. The average Bonchev–Trinajstić information content (AvgIpc) is 2.61. The van der Waals surface area contributed by atoms with Gasteiger partial charge in [-0.25, -0.2) is 0 Å². The van der Waals surface area contributed by atoms with Gasteiger partial charge in [0.05, 0.1) is 12.1 Å². The first kappa shape index (κ1) is 12.7. The molecule has 0 bridgehead atoms. The fourth-order valence-corrected chi connectivity index (χ4v) is 3.71. The standard InChI is InChI=1S/C14H27N3/c1-5-11(2)17-12(15)16-10-14(17)9-7-6-8-13(14,3)4/h11H,5-10H2,1-4H3,(H2,15,16). The summed E-state index contributed by atoms with van der Waals surface area (Å²) >= 11 is 0. The van der Waals surface area contributed by atoms with Crippen molar-refractivity contribution in [3.63, 3.8) is 0 Å². The van der Waals surface area contributed by atoms with Crippen molar-refractivity contribution in [1.82, 2.24) is 4.90 Å². The smallest absolute Gasteiger partial charge is 0.192 e. The maximum Gasteiger partial charge on any atom is 0.192 e. The Bertz CT molecular complexity index is 321. The Morgan fingerprint density at radius 2 is 2.00 bits per heavy atom. The highest BCUT2D eigenvalue weighted by atomic mass is 15.4. The monoisotopic (exact) mass is 237 g/mol. The van der Waals surface area contributed by atoms with Crippen molar-refractivity contribution < 1.29 is 0 Å². The summed E-state index contributed by atoms with van der Waals surface area (Å²) in [4.78, 5) is 7.02. The van der Waals surface area contributed by atoms with Gasteiger partial charge >= 0.3 is 0 Å². The van der Waals surface area contributed by atoms with Gasteiger partial charge in [0.15, 0.2) is 5.96 Å². The first-order valence-electron chi connectivity index (χ1n) is 7.04. The molecule has 17 heavy (non-hydrogen) atoms. The second-order valence-electron chi connectivity index (χ2n) is 6.42. The van der Waals surface area contributed by atoms with Crippen molar-refractivity contribution in [1.29, 1.82) is 0 Å². The van der Waals surface area contributed by atoms with E-state index in [1.165, 1.54) is 25.7 Å². The van der Waals surface area contributed by atoms with Crippen molar-refractivity contribution in [2.75, 3.05) is 6.54 Å². The summed E-state index contributed by atoms with van der Waals surface area (Å²) in [5, 5.41) is 0. The third-order valence-electron chi connectivity index (χ3n) is 5.14. The lowest BCUT2D eigenvalue weighted by Gasteiger charge is -2.55. The van der Waals surface area contributed by atoms with Crippen LogP contribution in [0.25, 0.3) is 0 Å². The zero-order valence-corrected chi connectivity index (χ0v) is 11.8. The van der Waals surface area contributed by atoms with Crippen LogP contribution < -0.4 is 5.73 Å². The Hall–Kier alpha value is -0.730. The Labute approximate surface area is 105 Å². The van der Waals surface area contributed by atoms with E-state index in [4.69, 9.17) is 5.73 Å². The molecule has 1 heterocycles. The molecule has 2 unspecified atom stereocenters. The van der Waals surface area contributed by atoms with Crippen LogP contribution in [-0.4, -0.2) is 29.0 Å². The molecule has 2 rings (SSSR count). The van der Waals surface area contributed by atoms with Crippen LogP contribution in [0, 0.1) is 5.41 Å². The summed E-state index contributed by atoms with van der Waals surface area (Å²) in [6.07, 6.45) is 6.34. The van der Waals surface area contributed by atoms with E-state index in [-0.39, 0.29) is 5.54 Å². The molecule has 0 aromatic rings. The molecular weight excluding hydrogens is 210 g/mol. The number of hydrogen-bond donors (Lipinski definition) is 1. The van der Waals surface area contributed by atoms with Gasteiger partial charge in [0.1, 0.15) is 0 Å². The topological polar surface area (TPSA) is 41.6 Å². The normalized spacial score (nSPS) is 33.9. The van der Waals surface area contributed by atoms with E-state index >= 15 is 0 Å². The summed E-state index contributed by atoms with van der Waals surface area (Å²) in [7, 11) is 0. The molecule has 0 amide bonds. The minimum absolute atomic E-state index is 0.185. The fourth-order valence-electron chi connectivity index (χ4n) is 3.71. The summed E-state index contributed by atoms with van der Waals surface area (Å²) in [5.74, 6) is 0.773. The molecule has 0 aromatic carbocycles. The molecule has 1 aliphatic heterocycles. The van der Waals surface area contributed by atoms with Crippen LogP contribution in [0.1, 0.15) is 59.8 Å². The Balaban J connectivity index is 2.35. The largest absolute Gasteiger partial charge is 0.370 e. The lowest BCUT2D eigenvalue weighted by atomic mass is 9.62. The highest BCUT2D eigenvalue weighted by Gasteiger charge is 2.54. The number of nitrogens with zero attached hydrogens (tertiary/aromatic N) is 2. The van der Waals surface area contributed by atoms with Crippen LogP contribution in [0.15, 0.2) is 4.99 Å². The Kier molecular flexibility index (Phi) is 3.13. The zero-order chi connectivity index (χ0) is 12.7. The van der Waals surface area contributed by atoms with Crippen LogP contribution in [0.2, 0.25) is 0 Å². The maximum atomic E-state index is 6.16. The fraction of sp³-hybridized carbons (Fsp3) is 0.929. The highest BCUT2D eigenvalue weighted by Crippen LogP contribution is 2.50. The zero-order valence-electron chi connectivity index (χ0n) is 11.8. The molecule has 3 heteroatoms. The van der Waals surface area contributed by atoms with Gasteiger partial charge in [-0.05, 0) is 31.6 Å². The molecule has 2 aliphatic rings. The molecule has 2 atom stereocenters.